The molecule has 1 amide bonds. The van der Waals surface area contributed by atoms with E-state index in [4.69, 9.17) is 10.5 Å². The summed E-state index contributed by atoms with van der Waals surface area (Å²) in [6, 6.07) is 6.14. The number of carbonyl (C=O) groups is 1. The second-order valence-electron chi connectivity index (χ2n) is 4.57. The lowest BCUT2D eigenvalue weighted by atomic mass is 9.96. The first kappa shape index (κ1) is 12.9. The first-order valence-corrected chi connectivity index (χ1v) is 6.47. The maximum Gasteiger partial charge on any atom is 0.224 e. The van der Waals surface area contributed by atoms with E-state index in [9.17, 15) is 4.79 Å². The van der Waals surface area contributed by atoms with Crippen molar-refractivity contribution in [2.45, 2.75) is 19.8 Å². The van der Waals surface area contributed by atoms with Gasteiger partial charge in [0.1, 0.15) is 5.75 Å². The van der Waals surface area contributed by atoms with Gasteiger partial charge in [-0.15, -0.1) is 0 Å². The zero-order valence-electron chi connectivity index (χ0n) is 10.7. The summed E-state index contributed by atoms with van der Waals surface area (Å²) in [7, 11) is 0. The first-order chi connectivity index (χ1) is 8.74. The molecule has 0 saturated heterocycles. The van der Waals surface area contributed by atoms with Gasteiger partial charge in [0.15, 0.2) is 0 Å². The topological polar surface area (TPSA) is 64.4 Å². The highest BCUT2D eigenvalue weighted by Crippen LogP contribution is 2.26. The quantitative estimate of drug-likeness (QED) is 0.813. The number of nitrogens with two attached hydrogens (primary N) is 1. The van der Waals surface area contributed by atoms with Gasteiger partial charge in [0.2, 0.25) is 5.91 Å². The molecule has 1 aromatic rings. The number of fused-ring (bicyclic) bond motifs is 1. The molecule has 1 aromatic carbocycles. The van der Waals surface area contributed by atoms with Crippen LogP contribution in [-0.4, -0.2) is 25.6 Å². The Bertz CT molecular complexity index is 432. The van der Waals surface area contributed by atoms with Crippen molar-refractivity contribution in [3.8, 4) is 5.75 Å². The molecule has 0 aliphatic carbocycles. The van der Waals surface area contributed by atoms with Gasteiger partial charge in [-0.25, -0.2) is 0 Å². The van der Waals surface area contributed by atoms with Crippen LogP contribution in [0.2, 0.25) is 0 Å². The fraction of sp³-hybridized carbons (Fsp3) is 0.500. The fourth-order valence-corrected chi connectivity index (χ4v) is 2.25. The molecule has 4 nitrogen and oxygen atoms in total. The second kappa shape index (κ2) is 5.87. The number of amides is 1. The fourth-order valence-electron chi connectivity index (χ4n) is 2.25. The van der Waals surface area contributed by atoms with Gasteiger partial charge in [0.05, 0.1) is 12.5 Å². The second-order valence-corrected chi connectivity index (χ2v) is 4.57. The maximum atomic E-state index is 11.8. The molecule has 2 rings (SSSR count). The zero-order chi connectivity index (χ0) is 13.0. The summed E-state index contributed by atoms with van der Waals surface area (Å²) < 4.78 is 5.47. The van der Waals surface area contributed by atoms with E-state index in [-0.39, 0.29) is 11.8 Å². The van der Waals surface area contributed by atoms with Gasteiger partial charge in [-0.2, -0.15) is 0 Å². The lowest BCUT2D eigenvalue weighted by Gasteiger charge is -2.14. The molecular weight excluding hydrogens is 228 g/mol. The Labute approximate surface area is 108 Å². The van der Waals surface area contributed by atoms with Crippen molar-refractivity contribution < 1.29 is 9.53 Å². The van der Waals surface area contributed by atoms with Crippen molar-refractivity contribution in [1.29, 1.82) is 0 Å². The Morgan fingerprint density at radius 2 is 2.39 bits per heavy atom. The van der Waals surface area contributed by atoms with E-state index < -0.39 is 0 Å². The lowest BCUT2D eigenvalue weighted by molar-refractivity contribution is -0.124. The van der Waals surface area contributed by atoms with Crippen LogP contribution in [0.25, 0.3) is 0 Å². The SMILES string of the molecule is CCNC(=O)C(CN)Cc1ccc2c(c1)CCO2. The van der Waals surface area contributed by atoms with Crippen LogP contribution in [0.4, 0.5) is 0 Å². The molecule has 18 heavy (non-hydrogen) atoms. The Hall–Kier alpha value is -1.55. The van der Waals surface area contributed by atoms with E-state index in [0.717, 1.165) is 24.3 Å². The van der Waals surface area contributed by atoms with E-state index in [1.54, 1.807) is 0 Å². The smallest absolute Gasteiger partial charge is 0.224 e. The van der Waals surface area contributed by atoms with Crippen molar-refractivity contribution in [2.75, 3.05) is 19.7 Å². The number of hydrogen-bond acceptors (Lipinski definition) is 3. The standard InChI is InChI=1S/C14H20N2O2/c1-2-16-14(17)12(9-15)8-10-3-4-13-11(7-10)5-6-18-13/h3-4,7,12H,2,5-6,8-9,15H2,1H3,(H,16,17). The summed E-state index contributed by atoms with van der Waals surface area (Å²) in [5, 5.41) is 2.83. The summed E-state index contributed by atoms with van der Waals surface area (Å²) in [5.74, 6) is 0.864. The summed E-state index contributed by atoms with van der Waals surface area (Å²) in [5.41, 5.74) is 8.07. The number of carbonyl (C=O) groups excluding carboxylic acids is 1. The lowest BCUT2D eigenvalue weighted by Crippen LogP contribution is -2.36. The molecule has 1 aliphatic rings. The van der Waals surface area contributed by atoms with Gasteiger partial charge in [-0.05, 0) is 30.5 Å². The third-order valence-corrected chi connectivity index (χ3v) is 3.24. The van der Waals surface area contributed by atoms with Crippen molar-refractivity contribution in [3.63, 3.8) is 0 Å². The highest BCUT2D eigenvalue weighted by molar-refractivity contribution is 5.79. The minimum Gasteiger partial charge on any atom is -0.493 e. The number of nitrogens with one attached hydrogen (secondary N) is 1. The summed E-state index contributed by atoms with van der Waals surface area (Å²) in [6.07, 6.45) is 1.65. The molecule has 1 aliphatic heterocycles. The normalized spacial score (nSPS) is 14.8. The van der Waals surface area contributed by atoms with Gasteiger partial charge < -0.3 is 15.8 Å². The molecule has 0 bridgehead atoms. The largest absolute Gasteiger partial charge is 0.493 e. The predicted octanol–water partition coefficient (Wildman–Crippen LogP) is 0.875. The molecule has 0 saturated carbocycles. The highest BCUT2D eigenvalue weighted by Gasteiger charge is 2.18. The van der Waals surface area contributed by atoms with Crippen LogP contribution in [0.5, 0.6) is 5.75 Å². The van der Waals surface area contributed by atoms with Gasteiger partial charge in [0.25, 0.3) is 0 Å². The minimum absolute atomic E-state index is 0.0387. The van der Waals surface area contributed by atoms with Crippen molar-refractivity contribution in [2.24, 2.45) is 11.7 Å². The number of hydrogen-bond donors (Lipinski definition) is 2. The van der Waals surface area contributed by atoms with E-state index >= 15 is 0 Å². The van der Waals surface area contributed by atoms with Gasteiger partial charge in [0, 0.05) is 19.5 Å². The predicted molar refractivity (Wildman–Crippen MR) is 70.6 cm³/mol. The molecule has 98 valence electrons. The van der Waals surface area contributed by atoms with Crippen molar-refractivity contribution >= 4 is 5.91 Å². The molecule has 0 fully saturated rings. The van der Waals surface area contributed by atoms with Gasteiger partial charge in [-0.1, -0.05) is 12.1 Å². The summed E-state index contributed by atoms with van der Waals surface area (Å²) in [4.78, 5) is 11.8. The van der Waals surface area contributed by atoms with E-state index in [0.29, 0.717) is 19.5 Å². The van der Waals surface area contributed by atoms with Gasteiger partial charge >= 0.3 is 0 Å². The third-order valence-electron chi connectivity index (χ3n) is 3.24. The molecule has 1 unspecified atom stereocenters. The van der Waals surface area contributed by atoms with Crippen LogP contribution in [0, 0.1) is 5.92 Å². The van der Waals surface area contributed by atoms with Crippen LogP contribution in [0.1, 0.15) is 18.1 Å². The molecule has 1 heterocycles. The average molecular weight is 248 g/mol. The summed E-state index contributed by atoms with van der Waals surface area (Å²) in [6.45, 7) is 3.69. The minimum atomic E-state index is -0.148. The van der Waals surface area contributed by atoms with Crippen LogP contribution in [-0.2, 0) is 17.6 Å². The van der Waals surface area contributed by atoms with Crippen LogP contribution in [0.15, 0.2) is 18.2 Å². The Morgan fingerprint density at radius 3 is 3.11 bits per heavy atom. The molecule has 1 atom stereocenters. The monoisotopic (exact) mass is 248 g/mol. The molecule has 4 heteroatoms. The first-order valence-electron chi connectivity index (χ1n) is 6.47. The van der Waals surface area contributed by atoms with Crippen LogP contribution in [0.3, 0.4) is 0 Å². The van der Waals surface area contributed by atoms with Crippen molar-refractivity contribution in [1.82, 2.24) is 5.32 Å². The summed E-state index contributed by atoms with van der Waals surface area (Å²) >= 11 is 0. The number of ether oxygens (including phenoxy) is 1. The van der Waals surface area contributed by atoms with E-state index in [2.05, 4.69) is 11.4 Å². The highest BCUT2D eigenvalue weighted by atomic mass is 16.5. The molecule has 3 N–H and O–H groups in total. The Balaban J connectivity index is 2.05. The Morgan fingerprint density at radius 1 is 1.56 bits per heavy atom. The number of benzene rings is 1. The third kappa shape index (κ3) is 2.82. The van der Waals surface area contributed by atoms with E-state index in [1.165, 1.54) is 5.56 Å². The van der Waals surface area contributed by atoms with Crippen molar-refractivity contribution in [3.05, 3.63) is 29.3 Å². The molecule has 0 spiro atoms. The van der Waals surface area contributed by atoms with Crippen LogP contribution >= 0.6 is 0 Å². The molecule has 0 radical (unpaired) electrons. The van der Waals surface area contributed by atoms with Crippen LogP contribution < -0.4 is 15.8 Å². The average Bonchev–Trinajstić information content (AvgIpc) is 2.83. The maximum absolute atomic E-state index is 11.8. The molecule has 0 aromatic heterocycles. The number of rotatable bonds is 5. The van der Waals surface area contributed by atoms with E-state index in [1.807, 2.05) is 19.1 Å². The van der Waals surface area contributed by atoms with Gasteiger partial charge in [-0.3, -0.25) is 4.79 Å². The molecular formula is C14H20N2O2. The Kier molecular flexibility index (Phi) is 4.20. The zero-order valence-corrected chi connectivity index (χ0v) is 10.7.